The molecule has 2 aromatic rings. The zero-order valence-corrected chi connectivity index (χ0v) is 11.2. The van der Waals surface area contributed by atoms with E-state index in [0.717, 1.165) is 23.8 Å². The Hall–Kier alpha value is -2.36. The predicted molar refractivity (Wildman–Crippen MR) is 75.1 cm³/mol. The van der Waals surface area contributed by atoms with Crippen LogP contribution >= 0.6 is 0 Å². The van der Waals surface area contributed by atoms with Gasteiger partial charge in [0.2, 0.25) is 5.91 Å². The molecule has 0 aliphatic carbocycles. The molecule has 0 bridgehead atoms. The van der Waals surface area contributed by atoms with E-state index in [-0.39, 0.29) is 12.2 Å². The van der Waals surface area contributed by atoms with Crippen molar-refractivity contribution in [3.05, 3.63) is 65.0 Å². The fourth-order valence-electron chi connectivity index (χ4n) is 1.91. The van der Waals surface area contributed by atoms with E-state index >= 15 is 0 Å². The molecule has 3 nitrogen and oxygen atoms in total. The third kappa shape index (κ3) is 3.15. The van der Waals surface area contributed by atoms with Gasteiger partial charge >= 0.3 is 0 Å². The molecule has 0 aliphatic heterocycles. The number of nitrogens with two attached hydrogens (primary N) is 1. The number of amides is 1. The Balaban J connectivity index is 2.13. The lowest BCUT2D eigenvalue weighted by Crippen LogP contribution is -2.12. The predicted octanol–water partition coefficient (Wildman–Crippen LogP) is 3.07. The topological polar surface area (TPSA) is 52.3 Å². The summed E-state index contributed by atoms with van der Waals surface area (Å²) in [7, 11) is 0. The Morgan fingerprint density at radius 3 is 2.60 bits per heavy atom. The number of benzene rings is 2. The second-order valence-corrected chi connectivity index (χ2v) is 4.42. The van der Waals surface area contributed by atoms with Crippen LogP contribution in [0, 0.1) is 5.82 Å². The van der Waals surface area contributed by atoms with E-state index in [4.69, 9.17) is 10.5 Å². The maximum Gasteiger partial charge on any atom is 0.248 e. The number of hydrogen-bond acceptors (Lipinski definition) is 2. The number of rotatable bonds is 5. The monoisotopic (exact) mass is 273 g/mol. The van der Waals surface area contributed by atoms with Crippen molar-refractivity contribution in [1.82, 2.24) is 0 Å². The molecule has 1 amide bonds. The van der Waals surface area contributed by atoms with Gasteiger partial charge in [-0.2, -0.15) is 0 Å². The molecule has 0 unspecified atom stereocenters. The van der Waals surface area contributed by atoms with Gasteiger partial charge in [0.05, 0.1) is 0 Å². The summed E-state index contributed by atoms with van der Waals surface area (Å²) >= 11 is 0. The standard InChI is InChI=1S/C16H16FNO2/c1-2-11-5-3-4-6-15(11)20-10-13-8-7-12(16(18)19)9-14(13)17/h3-9H,2,10H2,1H3,(H2,18,19). The van der Waals surface area contributed by atoms with Crippen LogP contribution in [0.1, 0.15) is 28.4 Å². The van der Waals surface area contributed by atoms with Crippen molar-refractivity contribution in [2.75, 3.05) is 0 Å². The zero-order valence-electron chi connectivity index (χ0n) is 11.2. The molecule has 2 aromatic carbocycles. The van der Waals surface area contributed by atoms with Gasteiger partial charge in [-0.15, -0.1) is 0 Å². The van der Waals surface area contributed by atoms with E-state index in [1.807, 2.05) is 31.2 Å². The Bertz CT molecular complexity index is 626. The van der Waals surface area contributed by atoms with E-state index in [2.05, 4.69) is 0 Å². The normalized spacial score (nSPS) is 10.3. The fraction of sp³-hybridized carbons (Fsp3) is 0.188. The molecule has 20 heavy (non-hydrogen) atoms. The molecule has 2 rings (SSSR count). The second kappa shape index (κ2) is 6.19. The molecule has 2 N–H and O–H groups in total. The summed E-state index contributed by atoms with van der Waals surface area (Å²) in [6.45, 7) is 2.15. The fourth-order valence-corrected chi connectivity index (χ4v) is 1.91. The summed E-state index contributed by atoms with van der Waals surface area (Å²) in [6, 6.07) is 11.8. The molecule has 0 aliphatic rings. The number of halogens is 1. The number of hydrogen-bond donors (Lipinski definition) is 1. The van der Waals surface area contributed by atoms with Crippen LogP contribution in [0.2, 0.25) is 0 Å². The molecule has 0 atom stereocenters. The van der Waals surface area contributed by atoms with Crippen molar-refractivity contribution >= 4 is 5.91 Å². The van der Waals surface area contributed by atoms with Crippen molar-refractivity contribution in [2.24, 2.45) is 5.73 Å². The molecule has 0 spiro atoms. The second-order valence-electron chi connectivity index (χ2n) is 4.42. The largest absolute Gasteiger partial charge is 0.489 e. The van der Waals surface area contributed by atoms with Crippen molar-refractivity contribution in [1.29, 1.82) is 0 Å². The summed E-state index contributed by atoms with van der Waals surface area (Å²) in [4.78, 5) is 11.0. The Morgan fingerprint density at radius 1 is 1.20 bits per heavy atom. The summed E-state index contributed by atoms with van der Waals surface area (Å²) in [5, 5.41) is 0. The smallest absolute Gasteiger partial charge is 0.248 e. The van der Waals surface area contributed by atoms with Gasteiger partial charge in [0.1, 0.15) is 18.2 Å². The minimum absolute atomic E-state index is 0.113. The molecule has 0 aromatic heterocycles. The highest BCUT2D eigenvalue weighted by molar-refractivity contribution is 5.92. The Kier molecular flexibility index (Phi) is 4.35. The summed E-state index contributed by atoms with van der Waals surface area (Å²) in [6.07, 6.45) is 0.846. The molecule has 104 valence electrons. The van der Waals surface area contributed by atoms with E-state index in [9.17, 15) is 9.18 Å². The molecule has 0 fully saturated rings. The highest BCUT2D eigenvalue weighted by Crippen LogP contribution is 2.20. The van der Waals surface area contributed by atoms with Crippen LogP contribution in [0.4, 0.5) is 4.39 Å². The van der Waals surface area contributed by atoms with Crippen molar-refractivity contribution in [2.45, 2.75) is 20.0 Å². The van der Waals surface area contributed by atoms with Crippen molar-refractivity contribution < 1.29 is 13.9 Å². The van der Waals surface area contributed by atoms with Crippen molar-refractivity contribution in [3.63, 3.8) is 0 Å². The minimum Gasteiger partial charge on any atom is -0.489 e. The quantitative estimate of drug-likeness (QED) is 0.910. The van der Waals surface area contributed by atoms with Crippen LogP contribution < -0.4 is 10.5 Å². The lowest BCUT2D eigenvalue weighted by Gasteiger charge is -2.11. The number of aryl methyl sites for hydroxylation is 1. The van der Waals surface area contributed by atoms with E-state index in [1.165, 1.54) is 12.1 Å². The van der Waals surface area contributed by atoms with E-state index in [0.29, 0.717) is 5.56 Å². The van der Waals surface area contributed by atoms with Crippen LogP contribution in [-0.2, 0) is 13.0 Å². The Morgan fingerprint density at radius 2 is 1.95 bits per heavy atom. The summed E-state index contributed by atoms with van der Waals surface area (Å²) in [5.41, 5.74) is 6.71. The highest BCUT2D eigenvalue weighted by atomic mass is 19.1. The summed E-state index contributed by atoms with van der Waals surface area (Å²) < 4.78 is 19.4. The first-order chi connectivity index (χ1) is 9.61. The average Bonchev–Trinajstić information content (AvgIpc) is 2.46. The van der Waals surface area contributed by atoms with Gasteiger partial charge in [-0.25, -0.2) is 4.39 Å². The summed E-state index contributed by atoms with van der Waals surface area (Å²) in [5.74, 6) is -0.392. The van der Waals surface area contributed by atoms with Crippen LogP contribution in [0.25, 0.3) is 0 Å². The van der Waals surface area contributed by atoms with Crippen LogP contribution in [-0.4, -0.2) is 5.91 Å². The van der Waals surface area contributed by atoms with Gasteiger partial charge in [0.15, 0.2) is 0 Å². The van der Waals surface area contributed by atoms with Crippen LogP contribution in [0.3, 0.4) is 0 Å². The molecule has 0 heterocycles. The lowest BCUT2D eigenvalue weighted by molar-refractivity contribution is 0.0999. The number of primary amides is 1. The molecule has 0 saturated carbocycles. The molecule has 0 saturated heterocycles. The third-order valence-corrected chi connectivity index (χ3v) is 3.07. The molecule has 0 radical (unpaired) electrons. The molecule has 4 heteroatoms. The van der Waals surface area contributed by atoms with Crippen LogP contribution in [0.5, 0.6) is 5.75 Å². The van der Waals surface area contributed by atoms with Gasteiger partial charge in [0.25, 0.3) is 0 Å². The van der Waals surface area contributed by atoms with Crippen LogP contribution in [0.15, 0.2) is 42.5 Å². The van der Waals surface area contributed by atoms with E-state index in [1.54, 1.807) is 0 Å². The van der Waals surface area contributed by atoms with E-state index < -0.39 is 11.7 Å². The first-order valence-corrected chi connectivity index (χ1v) is 6.40. The third-order valence-electron chi connectivity index (χ3n) is 3.07. The lowest BCUT2D eigenvalue weighted by atomic mass is 10.1. The number of carbonyl (C=O) groups is 1. The maximum absolute atomic E-state index is 13.8. The number of ether oxygens (including phenoxy) is 1. The van der Waals surface area contributed by atoms with Gasteiger partial charge in [-0.1, -0.05) is 31.2 Å². The minimum atomic E-state index is -0.646. The molecular weight excluding hydrogens is 257 g/mol. The number of carbonyl (C=O) groups excluding carboxylic acids is 1. The Labute approximate surface area is 117 Å². The first-order valence-electron chi connectivity index (χ1n) is 6.40. The average molecular weight is 273 g/mol. The molecular formula is C16H16FNO2. The maximum atomic E-state index is 13.8. The first kappa shape index (κ1) is 14.1. The highest BCUT2D eigenvalue weighted by Gasteiger charge is 2.08. The van der Waals surface area contributed by atoms with Gasteiger partial charge in [0, 0.05) is 11.1 Å². The van der Waals surface area contributed by atoms with Gasteiger partial charge < -0.3 is 10.5 Å². The zero-order chi connectivity index (χ0) is 14.5. The van der Waals surface area contributed by atoms with Gasteiger partial charge in [-0.05, 0) is 30.2 Å². The van der Waals surface area contributed by atoms with Crippen molar-refractivity contribution in [3.8, 4) is 5.75 Å². The number of para-hydroxylation sites is 1. The SMILES string of the molecule is CCc1ccccc1OCc1ccc(C(N)=O)cc1F. The van der Waals surface area contributed by atoms with Gasteiger partial charge in [-0.3, -0.25) is 4.79 Å².